The summed E-state index contributed by atoms with van der Waals surface area (Å²) in [6.45, 7) is 0. The van der Waals surface area contributed by atoms with E-state index in [1.807, 2.05) is 72.8 Å². The summed E-state index contributed by atoms with van der Waals surface area (Å²) in [6, 6.07) is 48.5. The number of sulfonamides is 1. The fourth-order valence-corrected chi connectivity index (χ4v) is 14.4. The molecule has 0 amide bonds. The first-order valence-electron chi connectivity index (χ1n) is 27.3. The smallest absolute Gasteiger partial charge is 0.505 e. The Morgan fingerprint density at radius 2 is 0.773 bits per heavy atom. The van der Waals surface area contributed by atoms with E-state index in [0.717, 1.165) is 78.7 Å². The summed E-state index contributed by atoms with van der Waals surface area (Å²) in [5, 5.41) is 30.5. The van der Waals surface area contributed by atoms with Crippen molar-refractivity contribution in [2.24, 2.45) is 50.4 Å². The minimum absolute atomic E-state index is 0.109. The molecule has 10 aromatic rings. The van der Waals surface area contributed by atoms with Gasteiger partial charge in [-0.25, -0.2) is 38.4 Å². The maximum atomic E-state index is 12.0. The summed E-state index contributed by atoms with van der Waals surface area (Å²) >= 11 is -2.71. The number of anilines is 1. The minimum atomic E-state index is -4.88. The molecule has 0 saturated heterocycles. The van der Waals surface area contributed by atoms with Crippen molar-refractivity contribution >= 4 is 180 Å². The zero-order chi connectivity index (χ0) is 70.3. The molecular formula is C58H47AlClN13O18S6. The number of benzene rings is 8. The van der Waals surface area contributed by atoms with Gasteiger partial charge in [0.2, 0.25) is 10.0 Å². The number of phenols is 1. The Labute approximate surface area is 560 Å². The van der Waals surface area contributed by atoms with Gasteiger partial charge >= 0.3 is 13.7 Å². The van der Waals surface area contributed by atoms with E-state index < -0.39 is 90.6 Å². The van der Waals surface area contributed by atoms with Crippen LogP contribution in [0.5, 0.6) is 5.75 Å². The molecule has 2 aromatic heterocycles. The van der Waals surface area contributed by atoms with E-state index >= 15 is 0 Å². The molecule has 0 aliphatic carbocycles. The van der Waals surface area contributed by atoms with Gasteiger partial charge in [0.15, 0.2) is 29.1 Å². The van der Waals surface area contributed by atoms with Crippen LogP contribution in [-0.4, -0.2) is 148 Å². The van der Waals surface area contributed by atoms with E-state index in [2.05, 4.69) is 56.5 Å². The zero-order valence-corrected chi connectivity index (χ0v) is 56.8. The number of halogens is 1. The van der Waals surface area contributed by atoms with Crippen LogP contribution in [0.1, 0.15) is 22.3 Å². The lowest BCUT2D eigenvalue weighted by Gasteiger charge is -2.15. The molecule has 31 nitrogen and oxygen atoms in total. The van der Waals surface area contributed by atoms with Crippen molar-refractivity contribution in [3.8, 4) is 5.75 Å². The van der Waals surface area contributed by atoms with Crippen LogP contribution in [0, 0.1) is 0 Å². The molecule has 97 heavy (non-hydrogen) atoms. The predicted molar refractivity (Wildman–Crippen MR) is 364 cm³/mol. The molecule has 0 unspecified atom stereocenters. The second kappa shape index (κ2) is 27.2. The van der Waals surface area contributed by atoms with Crippen LogP contribution in [0.4, 0.5) is 40.1 Å². The third kappa shape index (κ3) is 17.0. The predicted octanol–water partition coefficient (Wildman–Crippen LogP) is 8.91. The Balaban J connectivity index is 0.000000175. The number of aromatic nitrogens is 2. The van der Waals surface area contributed by atoms with Gasteiger partial charge in [-0.2, -0.15) is 67.5 Å². The Morgan fingerprint density at radius 1 is 0.412 bits per heavy atom. The topological polar surface area (TPSA) is 472 Å². The van der Waals surface area contributed by atoms with Gasteiger partial charge in [-0.15, -0.1) is 5.11 Å². The molecule has 0 fully saturated rings. The van der Waals surface area contributed by atoms with Crippen molar-refractivity contribution in [2.45, 2.75) is 9.79 Å². The first kappa shape index (κ1) is 70.3. The monoisotopic (exact) mass is 1470 g/mol. The zero-order valence-electron chi connectivity index (χ0n) is 50.0. The summed E-state index contributed by atoms with van der Waals surface area (Å²) in [5.74, 6) is 3.28. The summed E-state index contributed by atoms with van der Waals surface area (Å²) in [7, 11) is -16.1. The Kier molecular flexibility index (Phi) is 19.7. The van der Waals surface area contributed by atoms with Crippen molar-refractivity contribution in [3.05, 3.63) is 203 Å². The van der Waals surface area contributed by atoms with Crippen LogP contribution >= 0.6 is 10.0 Å². The highest BCUT2D eigenvalue weighted by Crippen LogP contribution is 2.44. The highest BCUT2D eigenvalue weighted by atomic mass is 35.6. The number of azo groups is 2. The Morgan fingerprint density at radius 3 is 1.15 bits per heavy atom. The number of hydrogen-bond acceptors (Lipinski definition) is 23. The number of aliphatic imine (C=N–C) groups is 4. The molecule has 0 radical (unpaired) electrons. The second-order valence-corrected chi connectivity index (χ2v) is 32.7. The number of nitrogens with zero attached hydrogens (tertiary/aromatic N) is 12. The molecular weight excluding hydrogens is 1420 g/mol. The number of amidine groups is 4. The molecule has 8 aromatic carbocycles. The summed E-state index contributed by atoms with van der Waals surface area (Å²) < 4.78 is 172. The van der Waals surface area contributed by atoms with E-state index in [1.54, 1.807) is 0 Å². The summed E-state index contributed by atoms with van der Waals surface area (Å²) in [4.78, 5) is 29.8. The van der Waals surface area contributed by atoms with Gasteiger partial charge in [-0.1, -0.05) is 97.1 Å². The molecule has 6 heterocycles. The van der Waals surface area contributed by atoms with Crippen molar-refractivity contribution in [2.75, 3.05) is 29.7 Å². The van der Waals surface area contributed by atoms with E-state index in [-0.39, 0.29) is 27.0 Å². The number of nitrogens with one attached hydrogen (secondary N) is 1. The van der Waals surface area contributed by atoms with E-state index in [0.29, 0.717) is 53.5 Å². The van der Waals surface area contributed by atoms with Crippen molar-refractivity contribution in [1.29, 1.82) is 0 Å². The van der Waals surface area contributed by atoms with Gasteiger partial charge in [-0.05, 0) is 78.2 Å². The van der Waals surface area contributed by atoms with Crippen LogP contribution in [-0.2, 0) is 60.6 Å². The van der Waals surface area contributed by atoms with Crippen molar-refractivity contribution in [1.82, 2.24) is 7.10 Å². The largest absolute Gasteiger partial charge is 0.722 e. The highest BCUT2D eigenvalue weighted by Gasteiger charge is 2.38. The molecule has 0 saturated carbocycles. The standard InChI is InChI=1S/C32H16N8.C23H19N5O9S3.3CH4O3S.Al.ClH/c1-2-10-18-17(9-1)25-33-26(18)38-28-21-13-5-6-14-22(21)30(35-28)40-32-24-16-8-7-15-23(24)31(36-32)39-29-20-12-4-3-11-19(20)27(34-29)37-25;1-38(30,31)28-18-8-11-20-14(12-18)13-21(40(35,36)37)22(23(20)29)27-26-16-4-2-15(3-5-16)24-25-17-6-9-19(10-7-17)39(32,33)34;3*1-5(2,3)4;;/h1-16H;2-13,28-29H,1H3,(H,32,33,34)(H,35,36,37);3*1H3,(H,2,3,4);;1H/q-2;;;;;+3;/p-1. The Hall–Kier alpha value is -9.50. The fraction of sp³-hybridized carbons (Fsp3) is 0.0690. The lowest BCUT2D eigenvalue weighted by molar-refractivity contribution is 0.472. The molecule has 14 rings (SSSR count). The number of fused-ring (bicyclic) bond motifs is 15. The first-order chi connectivity index (χ1) is 45.3. The fourth-order valence-electron chi connectivity index (χ4n) is 9.79. The van der Waals surface area contributed by atoms with Gasteiger partial charge < -0.3 is 12.2 Å². The van der Waals surface area contributed by atoms with Crippen LogP contribution in [0.15, 0.2) is 230 Å². The van der Waals surface area contributed by atoms with Crippen LogP contribution < -0.4 is 15.7 Å². The molecule has 7 N–H and O–H groups in total. The lowest BCUT2D eigenvalue weighted by atomic mass is 10.1. The van der Waals surface area contributed by atoms with Gasteiger partial charge in [0, 0.05) is 54.9 Å². The number of aromatic hydroxyl groups is 1. The van der Waals surface area contributed by atoms with E-state index in [4.69, 9.17) is 58.2 Å². The van der Waals surface area contributed by atoms with Crippen LogP contribution in [0.25, 0.3) is 32.3 Å². The second-order valence-electron chi connectivity index (χ2n) is 20.9. The van der Waals surface area contributed by atoms with Crippen LogP contribution in [0.3, 0.4) is 0 Å². The van der Waals surface area contributed by atoms with Crippen molar-refractivity contribution in [3.63, 3.8) is 0 Å². The first-order valence-corrected chi connectivity index (χ1v) is 40.4. The van der Waals surface area contributed by atoms with Crippen LogP contribution in [0.2, 0.25) is 0 Å². The summed E-state index contributed by atoms with van der Waals surface area (Å²) in [6.07, 6.45) is 3.08. The number of rotatable bonds is 8. The molecule has 4 aliphatic heterocycles. The third-order valence-electron chi connectivity index (χ3n) is 13.4. The highest BCUT2D eigenvalue weighted by molar-refractivity contribution is 7.92. The van der Waals surface area contributed by atoms with Gasteiger partial charge in [-0.3, -0.25) is 27.5 Å². The molecule has 0 spiro atoms. The maximum Gasteiger partial charge on any atom is 0.722 e. The normalized spacial score (nSPS) is 13.9. The average molecular weight is 1470 g/mol. The molecule has 6 bridgehead atoms. The SMILES string of the molecule is CS(=O)(=O)Nc1ccc2c(O)c(N=Nc3ccc(N=Nc4ccc(S(=O)(=O)O)cc4)cc3)c(S(=O)(=O)O)cc2c1.CS(=O)(=O)O.CS(=O)(=O)O.CS(=O)(=O)O.[Cl][Al]1[n]2c3c4ccccc4c2N=C2N=C(N=c4c5ccccc5c([n]41)=NC1=NC(=N3)c3ccccc31)c1ccccc12. The van der Waals surface area contributed by atoms with E-state index in [1.165, 1.54) is 66.7 Å². The maximum absolute atomic E-state index is 12.0. The van der Waals surface area contributed by atoms with Crippen molar-refractivity contribution < 1.29 is 78.4 Å². The van der Waals surface area contributed by atoms with Gasteiger partial charge in [0.05, 0.1) is 47.0 Å². The van der Waals surface area contributed by atoms with Gasteiger partial charge in [0.25, 0.3) is 50.6 Å². The molecule has 498 valence electrons. The quantitative estimate of drug-likeness (QED) is 0.0424. The van der Waals surface area contributed by atoms with E-state index in [9.17, 15) is 60.2 Å². The summed E-state index contributed by atoms with van der Waals surface area (Å²) in [5.41, 5.74) is 5.69. The molecule has 39 heteroatoms. The molecule has 4 aliphatic rings. The Bertz CT molecular complexity index is 5730. The average Bonchev–Trinajstić information content (AvgIpc) is 1.57. The number of phenolic OH excluding ortho intramolecular Hbond substituents is 1. The third-order valence-corrected chi connectivity index (χ3v) is 18.8. The minimum Gasteiger partial charge on any atom is -0.505 e. The number of hydrogen-bond donors (Lipinski definition) is 7. The lowest BCUT2D eigenvalue weighted by Crippen LogP contribution is -2.43. The van der Waals surface area contributed by atoms with Gasteiger partial charge in [0.1, 0.15) is 33.2 Å². The molecule has 0 atom stereocenters.